The maximum atomic E-state index is 4.33. The fourth-order valence-corrected chi connectivity index (χ4v) is 2.39. The molecule has 2 rings (SSSR count). The van der Waals surface area contributed by atoms with Gasteiger partial charge in [-0.15, -0.1) is 0 Å². The van der Waals surface area contributed by atoms with Crippen LogP contribution in [0.15, 0.2) is 36.7 Å². The molecule has 0 unspecified atom stereocenters. The first-order valence-corrected chi connectivity index (χ1v) is 9.75. The second-order valence-electron chi connectivity index (χ2n) is 9.76. The molecule has 0 aliphatic carbocycles. The highest BCUT2D eigenvalue weighted by atomic mass is 14.9. The molecule has 0 spiro atoms. The topological polar surface area (TPSA) is 25.8 Å². The zero-order valence-corrected chi connectivity index (χ0v) is 18.5. The molecule has 0 radical (unpaired) electrons. The van der Waals surface area contributed by atoms with Crippen LogP contribution in [0.3, 0.4) is 0 Å². The Labute approximate surface area is 161 Å². The highest BCUT2D eigenvalue weighted by Gasteiger charge is 2.15. The van der Waals surface area contributed by atoms with E-state index in [0.29, 0.717) is 11.8 Å². The van der Waals surface area contributed by atoms with Crippen LogP contribution < -0.4 is 0 Å². The summed E-state index contributed by atoms with van der Waals surface area (Å²) in [5.74, 6) is 1.97. The average molecular weight is 355 g/mol. The van der Waals surface area contributed by atoms with Crippen LogP contribution in [0.2, 0.25) is 0 Å². The van der Waals surface area contributed by atoms with E-state index in [1.54, 1.807) is 0 Å². The fraction of sp³-hybridized carbons (Fsp3) is 0.583. The molecule has 0 N–H and O–H groups in total. The number of nitrogens with zero attached hydrogens (tertiary/aromatic N) is 2. The van der Waals surface area contributed by atoms with Crippen molar-refractivity contribution in [2.75, 3.05) is 0 Å². The van der Waals surface area contributed by atoms with Crippen LogP contribution in [0.5, 0.6) is 0 Å². The molecule has 144 valence electrons. The summed E-state index contributed by atoms with van der Waals surface area (Å²) < 4.78 is 0. The standard InChI is InChI=1S/C13H20.C11H18N2/c1-10(2)11-6-8-12(9-7-11)13(3,4)5;1-8(2)10-12-6-9(7-13-10)11(3,4)5/h6-10H,1-5H3;6-8H,1-5H3. The van der Waals surface area contributed by atoms with Crippen molar-refractivity contribution < 1.29 is 0 Å². The molecule has 0 bridgehead atoms. The summed E-state index contributed by atoms with van der Waals surface area (Å²) in [5.41, 5.74) is 4.45. The van der Waals surface area contributed by atoms with Crippen LogP contribution in [0.4, 0.5) is 0 Å². The van der Waals surface area contributed by atoms with Crippen LogP contribution in [0.1, 0.15) is 104 Å². The zero-order chi connectivity index (χ0) is 20.1. The van der Waals surface area contributed by atoms with Gasteiger partial charge in [-0.25, -0.2) is 9.97 Å². The van der Waals surface area contributed by atoms with Crippen LogP contribution >= 0.6 is 0 Å². The maximum absolute atomic E-state index is 4.33. The van der Waals surface area contributed by atoms with Crippen LogP contribution in [0, 0.1) is 0 Å². The van der Waals surface area contributed by atoms with Crippen molar-refractivity contribution in [3.05, 3.63) is 59.2 Å². The van der Waals surface area contributed by atoms with Gasteiger partial charge in [0, 0.05) is 18.3 Å². The molecule has 0 saturated heterocycles. The molecule has 0 saturated carbocycles. The number of benzene rings is 1. The van der Waals surface area contributed by atoms with Gasteiger partial charge in [0.15, 0.2) is 0 Å². The summed E-state index contributed by atoms with van der Waals surface area (Å²) in [6.45, 7) is 21.9. The van der Waals surface area contributed by atoms with Gasteiger partial charge in [-0.2, -0.15) is 0 Å². The predicted octanol–water partition coefficient (Wildman–Crippen LogP) is 7.01. The van der Waals surface area contributed by atoms with Gasteiger partial charge in [0.1, 0.15) is 5.82 Å². The number of hydrogen-bond donors (Lipinski definition) is 0. The van der Waals surface area contributed by atoms with E-state index in [0.717, 1.165) is 5.82 Å². The summed E-state index contributed by atoms with van der Waals surface area (Å²) >= 11 is 0. The summed E-state index contributed by atoms with van der Waals surface area (Å²) in [7, 11) is 0. The molecule has 0 fully saturated rings. The lowest BCUT2D eigenvalue weighted by Gasteiger charge is -2.19. The molecule has 1 aromatic heterocycles. The lowest BCUT2D eigenvalue weighted by atomic mass is 9.86. The first-order valence-electron chi connectivity index (χ1n) is 9.75. The smallest absolute Gasteiger partial charge is 0.130 e. The van der Waals surface area contributed by atoms with E-state index in [9.17, 15) is 0 Å². The van der Waals surface area contributed by atoms with Crippen LogP contribution in [0.25, 0.3) is 0 Å². The summed E-state index contributed by atoms with van der Waals surface area (Å²) in [4.78, 5) is 8.67. The summed E-state index contributed by atoms with van der Waals surface area (Å²) in [6.07, 6.45) is 3.87. The van der Waals surface area contributed by atoms with Crippen molar-refractivity contribution in [3.8, 4) is 0 Å². The van der Waals surface area contributed by atoms with E-state index in [2.05, 4.69) is 103 Å². The van der Waals surface area contributed by atoms with Crippen molar-refractivity contribution in [2.45, 2.75) is 91.9 Å². The summed E-state index contributed by atoms with van der Waals surface area (Å²) in [5, 5.41) is 0. The quantitative estimate of drug-likeness (QED) is 0.580. The minimum absolute atomic E-state index is 0.148. The molecule has 0 amide bonds. The SMILES string of the molecule is CC(C)c1ccc(C(C)(C)C)cc1.CC(C)c1ncc(C(C)(C)C)cn1. The first-order chi connectivity index (χ1) is 11.8. The van der Waals surface area contributed by atoms with E-state index in [-0.39, 0.29) is 10.8 Å². The Morgan fingerprint density at radius 2 is 1.04 bits per heavy atom. The maximum Gasteiger partial charge on any atom is 0.130 e. The fourth-order valence-electron chi connectivity index (χ4n) is 2.39. The zero-order valence-electron chi connectivity index (χ0n) is 18.5. The molecular weight excluding hydrogens is 316 g/mol. The van der Waals surface area contributed by atoms with Gasteiger partial charge in [0.05, 0.1) is 0 Å². The minimum atomic E-state index is 0.148. The third-order valence-corrected chi connectivity index (χ3v) is 4.50. The second kappa shape index (κ2) is 8.79. The second-order valence-corrected chi connectivity index (χ2v) is 9.76. The van der Waals surface area contributed by atoms with Crippen molar-refractivity contribution in [3.63, 3.8) is 0 Å². The Hall–Kier alpha value is -1.70. The largest absolute Gasteiger partial charge is 0.241 e. The number of rotatable bonds is 2. The van der Waals surface area contributed by atoms with E-state index in [4.69, 9.17) is 0 Å². The van der Waals surface area contributed by atoms with Crippen molar-refractivity contribution in [1.29, 1.82) is 0 Å². The van der Waals surface area contributed by atoms with E-state index < -0.39 is 0 Å². The normalized spacial score (nSPS) is 12.2. The third-order valence-electron chi connectivity index (χ3n) is 4.50. The lowest BCUT2D eigenvalue weighted by Crippen LogP contribution is -2.12. The monoisotopic (exact) mass is 354 g/mol. The minimum Gasteiger partial charge on any atom is -0.241 e. The van der Waals surface area contributed by atoms with Crippen LogP contribution in [-0.4, -0.2) is 9.97 Å². The first kappa shape index (κ1) is 22.3. The molecular formula is C24H38N2. The van der Waals surface area contributed by atoms with Crippen molar-refractivity contribution in [1.82, 2.24) is 9.97 Å². The van der Waals surface area contributed by atoms with E-state index >= 15 is 0 Å². The molecule has 2 aromatic rings. The molecule has 0 aliphatic rings. The third kappa shape index (κ3) is 6.90. The van der Waals surface area contributed by atoms with E-state index in [1.165, 1.54) is 16.7 Å². The van der Waals surface area contributed by atoms with Gasteiger partial charge < -0.3 is 0 Å². The molecule has 0 atom stereocenters. The average Bonchev–Trinajstić information content (AvgIpc) is 2.54. The molecule has 2 heteroatoms. The van der Waals surface area contributed by atoms with E-state index in [1.807, 2.05) is 12.4 Å². The lowest BCUT2D eigenvalue weighted by molar-refractivity contribution is 0.580. The van der Waals surface area contributed by atoms with Gasteiger partial charge in [-0.3, -0.25) is 0 Å². The Morgan fingerprint density at radius 1 is 0.615 bits per heavy atom. The van der Waals surface area contributed by atoms with Crippen molar-refractivity contribution >= 4 is 0 Å². The Bertz CT molecular complexity index is 590. The van der Waals surface area contributed by atoms with Crippen molar-refractivity contribution in [2.24, 2.45) is 0 Å². The van der Waals surface area contributed by atoms with Gasteiger partial charge in [0.25, 0.3) is 0 Å². The molecule has 1 heterocycles. The predicted molar refractivity (Wildman–Crippen MR) is 114 cm³/mol. The van der Waals surface area contributed by atoms with Gasteiger partial charge in [-0.05, 0) is 33.4 Å². The van der Waals surface area contributed by atoms with Gasteiger partial charge in [-0.1, -0.05) is 93.5 Å². The highest BCUT2D eigenvalue weighted by Crippen LogP contribution is 2.24. The Balaban J connectivity index is 0.000000260. The molecule has 1 aromatic carbocycles. The van der Waals surface area contributed by atoms with Crippen LogP contribution in [-0.2, 0) is 10.8 Å². The highest BCUT2D eigenvalue weighted by molar-refractivity contribution is 5.28. The summed E-state index contributed by atoms with van der Waals surface area (Å²) in [6, 6.07) is 8.97. The Kier molecular flexibility index (Phi) is 7.56. The molecule has 2 nitrogen and oxygen atoms in total. The Morgan fingerprint density at radius 3 is 1.35 bits per heavy atom. The van der Waals surface area contributed by atoms with Gasteiger partial charge in [0.2, 0.25) is 0 Å². The number of hydrogen-bond acceptors (Lipinski definition) is 2. The number of aromatic nitrogens is 2. The van der Waals surface area contributed by atoms with Gasteiger partial charge >= 0.3 is 0 Å². The molecule has 0 aliphatic heterocycles. The molecule has 26 heavy (non-hydrogen) atoms.